The molecule has 2 nitrogen and oxygen atoms in total. The largest absolute Gasteiger partial charge is 0.381 e. The Morgan fingerprint density at radius 2 is 1.25 bits per heavy atom. The van der Waals surface area contributed by atoms with E-state index in [1.165, 1.54) is 64.2 Å². The van der Waals surface area contributed by atoms with E-state index in [2.05, 4.69) is 24.9 Å². The lowest BCUT2D eigenvalue weighted by Gasteiger charge is -2.05. The van der Waals surface area contributed by atoms with E-state index in [1.54, 1.807) is 0 Å². The topological polar surface area (TPSA) is 21.3 Å². The summed E-state index contributed by atoms with van der Waals surface area (Å²) < 4.78 is 5.63. The third kappa shape index (κ3) is 18.3. The highest BCUT2D eigenvalue weighted by molar-refractivity contribution is 7.80. The van der Waals surface area contributed by atoms with Gasteiger partial charge in [0.25, 0.3) is 0 Å². The third-order valence-electron chi connectivity index (χ3n) is 3.57. The molecule has 0 amide bonds. The van der Waals surface area contributed by atoms with Crippen LogP contribution in [-0.4, -0.2) is 32.1 Å². The van der Waals surface area contributed by atoms with Gasteiger partial charge in [0.2, 0.25) is 0 Å². The Morgan fingerprint density at radius 3 is 1.85 bits per heavy atom. The zero-order chi connectivity index (χ0) is 14.7. The summed E-state index contributed by atoms with van der Waals surface area (Å²) in [6.45, 7) is 6.18. The van der Waals surface area contributed by atoms with Crippen LogP contribution in [0.3, 0.4) is 0 Å². The number of nitrogens with one attached hydrogen (secondary N) is 1. The van der Waals surface area contributed by atoms with Gasteiger partial charge in [0.05, 0.1) is 0 Å². The molecule has 0 aromatic heterocycles. The smallest absolute Gasteiger partial charge is 0.0478 e. The molecular weight excluding hydrogens is 266 g/mol. The molecule has 0 atom stereocenters. The molecule has 0 heterocycles. The van der Waals surface area contributed by atoms with Crippen LogP contribution >= 0.6 is 12.6 Å². The standard InChI is InChI=1S/C17H37NOS/c1-2-3-4-5-6-7-8-9-10-11-15-19-16-12-13-18-14-17-20/h18,20H,2-17H2,1H3. The summed E-state index contributed by atoms with van der Waals surface area (Å²) in [7, 11) is 0. The van der Waals surface area contributed by atoms with Crippen molar-refractivity contribution in [2.75, 3.05) is 32.1 Å². The van der Waals surface area contributed by atoms with Crippen molar-refractivity contribution in [3.8, 4) is 0 Å². The quantitative estimate of drug-likeness (QED) is 0.296. The second-order valence-electron chi connectivity index (χ2n) is 5.62. The van der Waals surface area contributed by atoms with Gasteiger partial charge in [-0.15, -0.1) is 0 Å². The van der Waals surface area contributed by atoms with E-state index in [1.807, 2.05) is 0 Å². The lowest BCUT2D eigenvalue weighted by Crippen LogP contribution is -2.19. The maximum absolute atomic E-state index is 5.63. The van der Waals surface area contributed by atoms with Crippen LogP contribution in [-0.2, 0) is 4.74 Å². The molecule has 0 aromatic carbocycles. The van der Waals surface area contributed by atoms with E-state index < -0.39 is 0 Å². The third-order valence-corrected chi connectivity index (χ3v) is 3.80. The summed E-state index contributed by atoms with van der Waals surface area (Å²) >= 11 is 4.15. The zero-order valence-electron chi connectivity index (χ0n) is 13.7. The molecule has 0 radical (unpaired) electrons. The normalized spacial score (nSPS) is 11.1. The minimum Gasteiger partial charge on any atom is -0.381 e. The predicted octanol–water partition coefficient (Wildman–Crippen LogP) is 4.83. The average molecular weight is 304 g/mol. The lowest BCUT2D eigenvalue weighted by molar-refractivity contribution is 0.127. The summed E-state index contributed by atoms with van der Waals surface area (Å²) in [5, 5.41) is 3.32. The highest BCUT2D eigenvalue weighted by Crippen LogP contribution is 2.10. The van der Waals surface area contributed by atoms with Crippen molar-refractivity contribution in [1.82, 2.24) is 5.32 Å². The van der Waals surface area contributed by atoms with E-state index in [0.717, 1.165) is 38.5 Å². The van der Waals surface area contributed by atoms with Crippen LogP contribution in [0, 0.1) is 0 Å². The SMILES string of the molecule is CCCCCCCCCCCCOCCCNCCS. The molecule has 20 heavy (non-hydrogen) atoms. The van der Waals surface area contributed by atoms with Gasteiger partial charge >= 0.3 is 0 Å². The summed E-state index contributed by atoms with van der Waals surface area (Å²) in [5.74, 6) is 0.916. The first kappa shape index (κ1) is 20.3. The van der Waals surface area contributed by atoms with Crippen LogP contribution in [0.15, 0.2) is 0 Å². The number of rotatable bonds is 17. The molecule has 1 N–H and O–H groups in total. The van der Waals surface area contributed by atoms with Crippen molar-refractivity contribution in [1.29, 1.82) is 0 Å². The van der Waals surface area contributed by atoms with Crippen LogP contribution in [0.2, 0.25) is 0 Å². The Labute approximate surface area is 132 Å². The first-order chi connectivity index (χ1) is 9.91. The molecule has 3 heteroatoms. The molecule has 0 aromatic rings. The van der Waals surface area contributed by atoms with E-state index in [0.29, 0.717) is 0 Å². The molecule has 0 aliphatic rings. The maximum Gasteiger partial charge on any atom is 0.0478 e. The number of unbranched alkanes of at least 4 members (excludes halogenated alkanes) is 9. The van der Waals surface area contributed by atoms with E-state index in [-0.39, 0.29) is 0 Å². The molecule has 0 bridgehead atoms. The van der Waals surface area contributed by atoms with Gasteiger partial charge in [-0.1, -0.05) is 64.7 Å². The average Bonchev–Trinajstić information content (AvgIpc) is 2.47. The van der Waals surface area contributed by atoms with Gasteiger partial charge in [-0.2, -0.15) is 12.6 Å². The number of hydrogen-bond donors (Lipinski definition) is 2. The number of hydrogen-bond acceptors (Lipinski definition) is 3. The summed E-state index contributed by atoms with van der Waals surface area (Å²) in [5.41, 5.74) is 0. The van der Waals surface area contributed by atoms with Crippen LogP contribution in [0.5, 0.6) is 0 Å². The van der Waals surface area contributed by atoms with E-state index in [9.17, 15) is 0 Å². The zero-order valence-corrected chi connectivity index (χ0v) is 14.6. The van der Waals surface area contributed by atoms with Crippen LogP contribution in [0.25, 0.3) is 0 Å². The lowest BCUT2D eigenvalue weighted by atomic mass is 10.1. The Balaban J connectivity index is 2.89. The maximum atomic E-state index is 5.63. The molecular formula is C17H37NOS. The molecule has 0 fully saturated rings. The molecule has 0 saturated carbocycles. The van der Waals surface area contributed by atoms with Crippen molar-refractivity contribution in [2.45, 2.75) is 77.6 Å². The molecule has 0 aliphatic heterocycles. The first-order valence-corrected chi connectivity index (χ1v) is 9.44. The van der Waals surface area contributed by atoms with Gasteiger partial charge in [0.15, 0.2) is 0 Å². The minimum absolute atomic E-state index is 0.900. The second kappa shape index (κ2) is 19.3. The van der Waals surface area contributed by atoms with Crippen molar-refractivity contribution in [3.63, 3.8) is 0 Å². The van der Waals surface area contributed by atoms with Gasteiger partial charge in [-0.3, -0.25) is 0 Å². The van der Waals surface area contributed by atoms with Crippen LogP contribution in [0.4, 0.5) is 0 Å². The molecule has 0 rings (SSSR count). The summed E-state index contributed by atoms with van der Waals surface area (Å²) in [4.78, 5) is 0. The van der Waals surface area contributed by atoms with Crippen molar-refractivity contribution in [3.05, 3.63) is 0 Å². The van der Waals surface area contributed by atoms with Gasteiger partial charge in [0, 0.05) is 25.5 Å². The highest BCUT2D eigenvalue weighted by atomic mass is 32.1. The molecule has 0 unspecified atom stereocenters. The fraction of sp³-hybridized carbons (Fsp3) is 1.00. The van der Waals surface area contributed by atoms with Crippen molar-refractivity contribution in [2.24, 2.45) is 0 Å². The highest BCUT2D eigenvalue weighted by Gasteiger charge is 1.93. The predicted molar refractivity (Wildman–Crippen MR) is 94.0 cm³/mol. The fourth-order valence-electron chi connectivity index (χ4n) is 2.30. The number of ether oxygens (including phenoxy) is 1. The molecule has 122 valence electrons. The van der Waals surface area contributed by atoms with E-state index >= 15 is 0 Å². The van der Waals surface area contributed by atoms with Gasteiger partial charge < -0.3 is 10.1 Å². The molecule has 0 aliphatic carbocycles. The van der Waals surface area contributed by atoms with Gasteiger partial charge in [0.1, 0.15) is 0 Å². The van der Waals surface area contributed by atoms with Gasteiger partial charge in [-0.25, -0.2) is 0 Å². The Morgan fingerprint density at radius 1 is 0.700 bits per heavy atom. The Bertz CT molecular complexity index is 149. The Hall–Kier alpha value is 0.270. The van der Waals surface area contributed by atoms with Crippen molar-refractivity contribution < 1.29 is 4.74 Å². The van der Waals surface area contributed by atoms with Crippen molar-refractivity contribution >= 4 is 12.6 Å². The summed E-state index contributed by atoms with van der Waals surface area (Å²) in [6.07, 6.45) is 15.0. The van der Waals surface area contributed by atoms with E-state index in [4.69, 9.17) is 4.74 Å². The summed E-state index contributed by atoms with van der Waals surface area (Å²) in [6, 6.07) is 0. The minimum atomic E-state index is 0.900. The Kier molecular flexibility index (Phi) is 19.5. The fourth-order valence-corrected chi connectivity index (χ4v) is 2.46. The second-order valence-corrected chi connectivity index (χ2v) is 6.07. The molecule has 0 spiro atoms. The monoisotopic (exact) mass is 303 g/mol. The van der Waals surface area contributed by atoms with Gasteiger partial charge in [-0.05, 0) is 19.4 Å². The first-order valence-electron chi connectivity index (χ1n) is 8.81. The number of thiol groups is 1. The molecule has 0 saturated heterocycles. The van der Waals surface area contributed by atoms with Crippen LogP contribution in [0.1, 0.15) is 77.6 Å². The van der Waals surface area contributed by atoms with Crippen LogP contribution < -0.4 is 5.32 Å².